The molecule has 2 aliphatic carbocycles. The van der Waals surface area contributed by atoms with Gasteiger partial charge in [0.05, 0.1) is 12.1 Å². The van der Waals surface area contributed by atoms with Crippen molar-refractivity contribution in [2.24, 2.45) is 23.5 Å². The van der Waals surface area contributed by atoms with E-state index in [0.29, 0.717) is 5.92 Å². The summed E-state index contributed by atoms with van der Waals surface area (Å²) in [6.07, 6.45) is 4.57. The van der Waals surface area contributed by atoms with Crippen LogP contribution in [0.15, 0.2) is 0 Å². The van der Waals surface area contributed by atoms with Gasteiger partial charge in [0, 0.05) is 30.4 Å². The van der Waals surface area contributed by atoms with E-state index >= 15 is 0 Å². The highest BCUT2D eigenvalue weighted by atomic mass is 16.5. The number of amides is 2. The number of ether oxygens (including phenoxy) is 1. The maximum absolute atomic E-state index is 12.4. The molecule has 5 nitrogen and oxygen atoms in total. The van der Waals surface area contributed by atoms with Crippen LogP contribution in [-0.2, 0) is 14.3 Å². The van der Waals surface area contributed by atoms with E-state index in [0.717, 1.165) is 38.7 Å². The van der Waals surface area contributed by atoms with Gasteiger partial charge in [0.2, 0.25) is 11.8 Å². The van der Waals surface area contributed by atoms with Crippen LogP contribution in [0, 0.1) is 17.8 Å². The quantitative estimate of drug-likeness (QED) is 0.690. The highest BCUT2D eigenvalue weighted by molar-refractivity contribution is 6.01. The van der Waals surface area contributed by atoms with Gasteiger partial charge < -0.3 is 10.5 Å². The molecular formula is C14H20N2O3. The average Bonchev–Trinajstić information content (AvgIpc) is 2.88. The van der Waals surface area contributed by atoms with E-state index in [9.17, 15) is 9.59 Å². The Hall–Kier alpha value is -0.940. The van der Waals surface area contributed by atoms with Crippen LogP contribution in [-0.4, -0.2) is 41.5 Å². The number of imide groups is 1. The third-order valence-electron chi connectivity index (χ3n) is 5.54. The molecule has 0 aromatic rings. The Bertz CT molecular complexity index is 416. The predicted molar refractivity (Wildman–Crippen MR) is 66.9 cm³/mol. The number of carbonyl (C=O) groups is 2. The fourth-order valence-corrected chi connectivity index (χ4v) is 4.46. The van der Waals surface area contributed by atoms with Crippen LogP contribution in [0.3, 0.4) is 0 Å². The van der Waals surface area contributed by atoms with Crippen molar-refractivity contribution in [3.63, 3.8) is 0 Å². The van der Waals surface area contributed by atoms with Crippen LogP contribution in [0.5, 0.6) is 0 Å². The maximum Gasteiger partial charge on any atom is 0.232 e. The molecule has 0 spiro atoms. The van der Waals surface area contributed by atoms with E-state index in [1.165, 1.54) is 4.90 Å². The first-order valence-corrected chi connectivity index (χ1v) is 7.42. The first-order chi connectivity index (χ1) is 9.18. The Labute approximate surface area is 112 Å². The fraction of sp³-hybridized carbons (Fsp3) is 0.857. The minimum absolute atomic E-state index is 0.00542. The Morgan fingerprint density at radius 1 is 1.11 bits per heavy atom. The molecule has 2 saturated carbocycles. The summed E-state index contributed by atoms with van der Waals surface area (Å²) in [5, 5.41) is 0. The number of piperidine rings is 1. The van der Waals surface area contributed by atoms with Crippen molar-refractivity contribution in [1.29, 1.82) is 0 Å². The topological polar surface area (TPSA) is 72.6 Å². The van der Waals surface area contributed by atoms with E-state index in [1.807, 2.05) is 0 Å². The lowest BCUT2D eigenvalue weighted by molar-refractivity contribution is -0.184. The number of fused-ring (bicyclic) bond motifs is 3. The summed E-state index contributed by atoms with van der Waals surface area (Å²) < 4.78 is 5.77. The van der Waals surface area contributed by atoms with E-state index in [4.69, 9.17) is 10.5 Å². The van der Waals surface area contributed by atoms with Crippen LogP contribution < -0.4 is 5.73 Å². The van der Waals surface area contributed by atoms with Crippen LogP contribution in [0.4, 0.5) is 0 Å². The van der Waals surface area contributed by atoms with E-state index in [2.05, 4.69) is 0 Å². The van der Waals surface area contributed by atoms with Gasteiger partial charge in [0.25, 0.3) is 0 Å². The highest BCUT2D eigenvalue weighted by Crippen LogP contribution is 2.45. The number of nitrogens with zero attached hydrogens (tertiary/aromatic N) is 1. The van der Waals surface area contributed by atoms with Crippen LogP contribution in [0.2, 0.25) is 0 Å². The fourth-order valence-electron chi connectivity index (χ4n) is 4.46. The van der Waals surface area contributed by atoms with Crippen molar-refractivity contribution >= 4 is 11.8 Å². The zero-order valence-corrected chi connectivity index (χ0v) is 11.0. The van der Waals surface area contributed by atoms with Gasteiger partial charge in [-0.15, -0.1) is 0 Å². The lowest BCUT2D eigenvalue weighted by Crippen LogP contribution is -2.74. The van der Waals surface area contributed by atoms with E-state index in [-0.39, 0.29) is 41.8 Å². The molecule has 5 heteroatoms. The molecule has 6 atom stereocenters. The van der Waals surface area contributed by atoms with Crippen molar-refractivity contribution in [3.05, 3.63) is 0 Å². The van der Waals surface area contributed by atoms with Crippen molar-refractivity contribution in [1.82, 2.24) is 4.90 Å². The summed E-state index contributed by atoms with van der Waals surface area (Å²) in [6, 6.07) is -0.288. The Balaban J connectivity index is 1.61. The molecule has 0 aromatic heterocycles. The number of likely N-dealkylation sites (tertiary alicyclic amines) is 1. The van der Waals surface area contributed by atoms with E-state index < -0.39 is 0 Å². The molecule has 4 aliphatic rings. The van der Waals surface area contributed by atoms with Crippen molar-refractivity contribution in [2.75, 3.05) is 6.61 Å². The summed E-state index contributed by atoms with van der Waals surface area (Å²) in [5.41, 5.74) is 6.22. The van der Waals surface area contributed by atoms with E-state index in [1.54, 1.807) is 0 Å². The number of rotatable bonds is 1. The SMILES string of the molecule is NC1C2CCCOC2C1N1C(=O)C2CCC(C2)C1=O. The maximum atomic E-state index is 12.4. The first-order valence-electron chi connectivity index (χ1n) is 7.42. The molecular weight excluding hydrogens is 244 g/mol. The van der Waals surface area contributed by atoms with Crippen molar-refractivity contribution in [2.45, 2.75) is 50.3 Å². The largest absolute Gasteiger partial charge is 0.376 e. The molecule has 2 saturated heterocycles. The molecule has 0 aromatic carbocycles. The number of hydrogen-bond acceptors (Lipinski definition) is 4. The summed E-state index contributed by atoms with van der Waals surface area (Å²) in [6.45, 7) is 0.730. The lowest BCUT2D eigenvalue weighted by atomic mass is 9.67. The second kappa shape index (κ2) is 4.03. The summed E-state index contributed by atoms with van der Waals surface area (Å²) in [7, 11) is 0. The summed E-state index contributed by atoms with van der Waals surface area (Å²) >= 11 is 0. The minimum atomic E-state index is -0.200. The average molecular weight is 264 g/mol. The van der Waals surface area contributed by atoms with Crippen molar-refractivity contribution < 1.29 is 14.3 Å². The predicted octanol–water partition coefficient (Wildman–Crippen LogP) is 0.276. The molecule has 2 aliphatic heterocycles. The highest BCUT2D eigenvalue weighted by Gasteiger charge is 2.59. The third kappa shape index (κ3) is 1.48. The van der Waals surface area contributed by atoms with Gasteiger partial charge in [-0.3, -0.25) is 14.5 Å². The molecule has 104 valence electrons. The van der Waals surface area contributed by atoms with Crippen LogP contribution >= 0.6 is 0 Å². The second-order valence-electron chi connectivity index (χ2n) is 6.46. The van der Waals surface area contributed by atoms with Crippen LogP contribution in [0.25, 0.3) is 0 Å². The van der Waals surface area contributed by atoms with Gasteiger partial charge >= 0.3 is 0 Å². The molecule has 4 fully saturated rings. The van der Waals surface area contributed by atoms with Gasteiger partial charge in [-0.05, 0) is 32.1 Å². The van der Waals surface area contributed by atoms with Gasteiger partial charge in [0.1, 0.15) is 0 Å². The summed E-state index contributed by atoms with van der Waals surface area (Å²) in [5.74, 6) is 0.452. The molecule has 4 rings (SSSR count). The normalized spacial score (nSPS) is 49.0. The Morgan fingerprint density at radius 2 is 1.79 bits per heavy atom. The van der Waals surface area contributed by atoms with Gasteiger partial charge in [-0.1, -0.05) is 0 Å². The molecule has 0 radical (unpaired) electrons. The van der Waals surface area contributed by atoms with Gasteiger partial charge in [-0.25, -0.2) is 0 Å². The standard InChI is InChI=1S/C14H20N2O3/c15-10-9-2-1-5-19-12(9)11(10)16-13(17)7-3-4-8(6-7)14(16)18/h7-12H,1-6,15H2. The number of carbonyl (C=O) groups excluding carboxylic acids is 2. The second-order valence-corrected chi connectivity index (χ2v) is 6.46. The lowest BCUT2D eigenvalue weighted by Gasteiger charge is -2.56. The molecule has 2 N–H and O–H groups in total. The third-order valence-corrected chi connectivity index (χ3v) is 5.54. The molecule has 2 amide bonds. The van der Waals surface area contributed by atoms with Gasteiger partial charge in [0.15, 0.2) is 0 Å². The Kier molecular flexibility index (Phi) is 2.51. The number of hydrogen-bond donors (Lipinski definition) is 1. The Morgan fingerprint density at radius 3 is 2.47 bits per heavy atom. The first kappa shape index (κ1) is 11.9. The van der Waals surface area contributed by atoms with Crippen molar-refractivity contribution in [3.8, 4) is 0 Å². The molecule has 2 heterocycles. The molecule has 6 unspecified atom stereocenters. The zero-order chi connectivity index (χ0) is 13.1. The molecule has 19 heavy (non-hydrogen) atoms. The van der Waals surface area contributed by atoms with Crippen LogP contribution in [0.1, 0.15) is 32.1 Å². The van der Waals surface area contributed by atoms with Gasteiger partial charge in [-0.2, -0.15) is 0 Å². The molecule has 2 bridgehead atoms. The minimum Gasteiger partial charge on any atom is -0.376 e. The summed E-state index contributed by atoms with van der Waals surface area (Å²) in [4.78, 5) is 26.4. The monoisotopic (exact) mass is 264 g/mol. The number of nitrogens with two attached hydrogens (primary N) is 1. The smallest absolute Gasteiger partial charge is 0.232 e. The zero-order valence-electron chi connectivity index (χ0n) is 11.0.